The predicted molar refractivity (Wildman–Crippen MR) is 98.5 cm³/mol. The first-order valence-electron chi connectivity index (χ1n) is 8.57. The van der Waals surface area contributed by atoms with E-state index in [1.54, 1.807) is 20.0 Å². The van der Waals surface area contributed by atoms with Gasteiger partial charge in [-0.15, -0.1) is 5.10 Å². The molecular weight excluding hydrogens is 377 g/mol. The monoisotopic (exact) mass is 397 g/mol. The molecule has 146 valence electrons. The van der Waals surface area contributed by atoms with Crippen LogP contribution >= 0.6 is 11.6 Å². The van der Waals surface area contributed by atoms with Gasteiger partial charge in [-0.25, -0.2) is 13.9 Å². The van der Waals surface area contributed by atoms with Crippen LogP contribution in [0.5, 0.6) is 0 Å². The summed E-state index contributed by atoms with van der Waals surface area (Å²) in [5, 5.41) is 7.03. The van der Waals surface area contributed by atoms with E-state index in [2.05, 4.69) is 10.4 Å². The van der Waals surface area contributed by atoms with Crippen molar-refractivity contribution in [3.63, 3.8) is 0 Å². The van der Waals surface area contributed by atoms with Gasteiger partial charge in [0.1, 0.15) is 12.4 Å². The summed E-state index contributed by atoms with van der Waals surface area (Å²) < 4.78 is 21.4. The largest absolute Gasteiger partial charge is 0.378 e. The van der Waals surface area contributed by atoms with Crippen molar-refractivity contribution < 1.29 is 13.9 Å². The zero-order valence-electron chi connectivity index (χ0n) is 15.1. The number of aromatic nitrogens is 3. The molecular formula is C17H21ClFN5O3. The molecule has 1 fully saturated rings. The van der Waals surface area contributed by atoms with Gasteiger partial charge in [0.2, 0.25) is 11.9 Å². The molecule has 10 heteroatoms. The van der Waals surface area contributed by atoms with Gasteiger partial charge in [0.15, 0.2) is 0 Å². The van der Waals surface area contributed by atoms with E-state index in [1.165, 1.54) is 16.7 Å². The number of hydrogen-bond donors (Lipinski definition) is 1. The topological polar surface area (TPSA) is 81.4 Å². The maximum absolute atomic E-state index is 13.6. The van der Waals surface area contributed by atoms with Gasteiger partial charge in [0.25, 0.3) is 0 Å². The summed E-state index contributed by atoms with van der Waals surface area (Å²) in [6, 6.07) is 3.91. The summed E-state index contributed by atoms with van der Waals surface area (Å²) in [6.45, 7) is 3.90. The van der Waals surface area contributed by atoms with E-state index in [0.29, 0.717) is 37.8 Å². The lowest BCUT2D eigenvalue weighted by Gasteiger charge is -2.26. The van der Waals surface area contributed by atoms with Gasteiger partial charge in [-0.3, -0.25) is 9.36 Å². The Morgan fingerprint density at radius 1 is 1.41 bits per heavy atom. The molecule has 1 aliphatic rings. The van der Waals surface area contributed by atoms with Crippen molar-refractivity contribution in [2.75, 3.05) is 31.2 Å². The first-order valence-corrected chi connectivity index (χ1v) is 8.95. The van der Waals surface area contributed by atoms with Crippen LogP contribution in [0.25, 0.3) is 0 Å². The summed E-state index contributed by atoms with van der Waals surface area (Å²) >= 11 is 5.67. The Labute approximate surface area is 160 Å². The lowest BCUT2D eigenvalue weighted by Crippen LogP contribution is -2.38. The van der Waals surface area contributed by atoms with Crippen molar-refractivity contribution in [3.05, 3.63) is 45.1 Å². The predicted octanol–water partition coefficient (Wildman–Crippen LogP) is 1.09. The minimum Gasteiger partial charge on any atom is -0.378 e. The van der Waals surface area contributed by atoms with Crippen molar-refractivity contribution >= 4 is 23.5 Å². The molecule has 1 N–H and O–H groups in total. The standard InChI is InChI=1S/C17H21ClFN5O3/c1-11(12-3-4-13(18)14(19)9-12)20-15(25)10-24-17(26)22(2)16(21-24)23-5-7-27-8-6-23/h3-4,9,11H,5-8,10H2,1-2H3,(H,20,25)/t11-/m0/s1. The van der Waals surface area contributed by atoms with Crippen LogP contribution in [0.4, 0.5) is 10.3 Å². The van der Waals surface area contributed by atoms with Gasteiger partial charge in [0, 0.05) is 20.1 Å². The summed E-state index contributed by atoms with van der Waals surface area (Å²) in [4.78, 5) is 26.6. The van der Waals surface area contributed by atoms with Crippen molar-refractivity contribution in [2.45, 2.75) is 19.5 Å². The number of amides is 1. The van der Waals surface area contributed by atoms with Gasteiger partial charge in [-0.2, -0.15) is 0 Å². The Kier molecular flexibility index (Phi) is 5.81. The first kappa shape index (κ1) is 19.4. The number of nitrogens with one attached hydrogen (secondary N) is 1. The maximum atomic E-state index is 13.6. The van der Waals surface area contributed by atoms with Gasteiger partial charge in [-0.1, -0.05) is 17.7 Å². The Balaban J connectivity index is 1.68. The van der Waals surface area contributed by atoms with E-state index in [0.717, 1.165) is 4.68 Å². The van der Waals surface area contributed by atoms with E-state index in [-0.39, 0.29) is 17.3 Å². The number of carbonyl (C=O) groups is 1. The van der Waals surface area contributed by atoms with Crippen LogP contribution in [-0.4, -0.2) is 46.6 Å². The number of benzene rings is 1. The number of nitrogens with zero attached hydrogens (tertiary/aromatic N) is 4. The van der Waals surface area contributed by atoms with E-state index in [4.69, 9.17) is 16.3 Å². The zero-order valence-corrected chi connectivity index (χ0v) is 15.9. The molecule has 8 nitrogen and oxygen atoms in total. The number of anilines is 1. The molecule has 2 aromatic rings. The minimum atomic E-state index is -0.550. The highest BCUT2D eigenvalue weighted by molar-refractivity contribution is 6.30. The van der Waals surface area contributed by atoms with Crippen LogP contribution in [0.15, 0.2) is 23.0 Å². The fourth-order valence-electron chi connectivity index (χ4n) is 2.91. The highest BCUT2D eigenvalue weighted by atomic mass is 35.5. The van der Waals surface area contributed by atoms with Crippen molar-refractivity contribution in [1.29, 1.82) is 0 Å². The Hall–Kier alpha value is -2.39. The number of ether oxygens (including phenoxy) is 1. The molecule has 0 spiro atoms. The molecule has 1 amide bonds. The summed E-state index contributed by atoms with van der Waals surface area (Å²) in [5.41, 5.74) is 0.199. The molecule has 2 heterocycles. The van der Waals surface area contributed by atoms with Crippen LogP contribution < -0.4 is 15.9 Å². The average molecular weight is 398 g/mol. The molecule has 0 saturated carbocycles. The smallest absolute Gasteiger partial charge is 0.347 e. The SMILES string of the molecule is C[C@H](NC(=O)Cn1nc(N2CCOCC2)n(C)c1=O)c1ccc(Cl)c(F)c1. The van der Waals surface area contributed by atoms with Gasteiger partial charge >= 0.3 is 5.69 Å². The van der Waals surface area contributed by atoms with Crippen LogP contribution in [0.1, 0.15) is 18.5 Å². The number of halogens is 2. The Bertz CT molecular complexity index is 891. The number of morpholine rings is 1. The Morgan fingerprint density at radius 3 is 2.78 bits per heavy atom. The van der Waals surface area contributed by atoms with Gasteiger partial charge in [-0.05, 0) is 24.6 Å². The Morgan fingerprint density at radius 2 is 2.11 bits per heavy atom. The highest BCUT2D eigenvalue weighted by Crippen LogP contribution is 2.20. The summed E-state index contributed by atoms with van der Waals surface area (Å²) in [5.74, 6) is -0.443. The van der Waals surface area contributed by atoms with Crippen molar-refractivity contribution in [1.82, 2.24) is 19.7 Å². The third-order valence-electron chi connectivity index (χ3n) is 4.43. The molecule has 1 aromatic heterocycles. The molecule has 1 atom stereocenters. The second-order valence-corrected chi connectivity index (χ2v) is 6.77. The molecule has 27 heavy (non-hydrogen) atoms. The van der Waals surface area contributed by atoms with Crippen LogP contribution in [-0.2, 0) is 23.1 Å². The van der Waals surface area contributed by atoms with E-state index >= 15 is 0 Å². The molecule has 0 unspecified atom stereocenters. The molecule has 1 saturated heterocycles. The second-order valence-electron chi connectivity index (χ2n) is 6.36. The minimum absolute atomic E-state index is 0.0213. The molecule has 0 aliphatic carbocycles. The normalized spacial score (nSPS) is 15.6. The third-order valence-corrected chi connectivity index (χ3v) is 4.73. The molecule has 1 aliphatic heterocycles. The quantitative estimate of drug-likeness (QED) is 0.816. The van der Waals surface area contributed by atoms with Crippen molar-refractivity contribution in [3.8, 4) is 0 Å². The first-order chi connectivity index (χ1) is 12.9. The summed E-state index contributed by atoms with van der Waals surface area (Å²) in [6.07, 6.45) is 0. The molecule has 0 bridgehead atoms. The molecule has 3 rings (SSSR count). The van der Waals surface area contributed by atoms with Crippen LogP contribution in [0.3, 0.4) is 0 Å². The average Bonchev–Trinajstić information content (AvgIpc) is 2.93. The van der Waals surface area contributed by atoms with Gasteiger partial charge in [0.05, 0.1) is 24.3 Å². The second kappa shape index (κ2) is 8.10. The number of carbonyl (C=O) groups excluding carboxylic acids is 1. The van der Waals surface area contributed by atoms with Crippen LogP contribution in [0.2, 0.25) is 5.02 Å². The maximum Gasteiger partial charge on any atom is 0.347 e. The zero-order chi connectivity index (χ0) is 19.6. The summed E-state index contributed by atoms with van der Waals surface area (Å²) in [7, 11) is 1.62. The molecule has 0 radical (unpaired) electrons. The van der Waals surface area contributed by atoms with E-state index in [9.17, 15) is 14.0 Å². The van der Waals surface area contributed by atoms with E-state index in [1.807, 2.05) is 4.90 Å². The lowest BCUT2D eigenvalue weighted by molar-refractivity contribution is -0.122. The fraction of sp³-hybridized carbons (Fsp3) is 0.471. The number of hydrogen-bond acceptors (Lipinski definition) is 5. The van der Waals surface area contributed by atoms with E-state index < -0.39 is 17.8 Å². The van der Waals surface area contributed by atoms with Crippen molar-refractivity contribution in [2.24, 2.45) is 7.05 Å². The lowest BCUT2D eigenvalue weighted by atomic mass is 10.1. The fourth-order valence-corrected chi connectivity index (χ4v) is 3.02. The molecule has 1 aromatic carbocycles. The highest BCUT2D eigenvalue weighted by Gasteiger charge is 2.21. The van der Waals surface area contributed by atoms with Crippen LogP contribution in [0, 0.1) is 5.82 Å². The number of rotatable bonds is 5. The van der Waals surface area contributed by atoms with Gasteiger partial charge < -0.3 is 15.0 Å². The third kappa shape index (κ3) is 4.30.